The highest BCUT2D eigenvalue weighted by Gasteiger charge is 2.29. The molecule has 2 atom stereocenters. The molecule has 0 aromatic heterocycles. The Morgan fingerprint density at radius 2 is 1.62 bits per heavy atom. The zero-order valence-corrected chi connectivity index (χ0v) is 15.9. The third kappa shape index (κ3) is 5.93. The van der Waals surface area contributed by atoms with Crippen LogP contribution in [0.3, 0.4) is 0 Å². The molecule has 2 rings (SSSR count). The largest absolute Gasteiger partial charge is 0.494 e. The molecule has 0 saturated carbocycles. The highest BCUT2D eigenvalue weighted by atomic mass is 16.5. The van der Waals surface area contributed by atoms with Crippen LogP contribution in [0.5, 0.6) is 11.5 Å². The number of nitrogens with zero attached hydrogens (tertiary/aromatic N) is 1. The molecule has 0 aliphatic carbocycles. The van der Waals surface area contributed by atoms with Crippen molar-refractivity contribution in [2.75, 3.05) is 19.8 Å². The van der Waals surface area contributed by atoms with Crippen molar-refractivity contribution in [2.24, 2.45) is 0 Å². The first kappa shape index (κ1) is 20.1. The van der Waals surface area contributed by atoms with Crippen molar-refractivity contribution < 1.29 is 23.8 Å². The van der Waals surface area contributed by atoms with Gasteiger partial charge in [-0.05, 0) is 64.3 Å². The summed E-state index contributed by atoms with van der Waals surface area (Å²) < 4.78 is 16.0. The summed E-state index contributed by atoms with van der Waals surface area (Å²) in [6, 6.07) is 7.62. The van der Waals surface area contributed by atoms with Gasteiger partial charge in [-0.3, -0.25) is 9.59 Å². The van der Waals surface area contributed by atoms with E-state index in [9.17, 15) is 9.59 Å². The van der Waals surface area contributed by atoms with E-state index in [2.05, 4.69) is 0 Å². The monoisotopic (exact) mass is 363 g/mol. The van der Waals surface area contributed by atoms with Crippen LogP contribution in [0.1, 0.15) is 46.5 Å². The van der Waals surface area contributed by atoms with Crippen molar-refractivity contribution in [3.8, 4) is 11.5 Å². The highest BCUT2D eigenvalue weighted by molar-refractivity contribution is 5.81. The first-order valence-electron chi connectivity index (χ1n) is 9.33. The summed E-state index contributed by atoms with van der Waals surface area (Å²) >= 11 is 0. The Kier molecular flexibility index (Phi) is 7.75. The Hall–Kier alpha value is -2.24. The van der Waals surface area contributed by atoms with E-state index >= 15 is 0 Å². The van der Waals surface area contributed by atoms with Gasteiger partial charge >= 0.3 is 5.97 Å². The molecular weight excluding hydrogens is 334 g/mol. The number of amides is 1. The fraction of sp³-hybridized carbons (Fsp3) is 0.600. The summed E-state index contributed by atoms with van der Waals surface area (Å²) in [6.07, 6.45) is 3.24. The molecule has 1 heterocycles. The minimum absolute atomic E-state index is 0.103. The van der Waals surface area contributed by atoms with Crippen molar-refractivity contribution in [2.45, 2.75) is 58.5 Å². The number of hydrogen-bond acceptors (Lipinski definition) is 5. The van der Waals surface area contributed by atoms with Crippen LogP contribution in [0.4, 0.5) is 0 Å². The van der Waals surface area contributed by atoms with E-state index in [1.165, 1.54) is 0 Å². The maximum atomic E-state index is 12.3. The van der Waals surface area contributed by atoms with Gasteiger partial charge in [-0.1, -0.05) is 0 Å². The van der Waals surface area contributed by atoms with Crippen LogP contribution < -0.4 is 9.47 Å². The van der Waals surface area contributed by atoms with Gasteiger partial charge in [-0.15, -0.1) is 0 Å². The Balaban J connectivity index is 1.67. The molecule has 144 valence electrons. The predicted molar refractivity (Wildman–Crippen MR) is 98.3 cm³/mol. The Bertz CT molecular complexity index is 576. The van der Waals surface area contributed by atoms with Crippen LogP contribution in [0, 0.1) is 0 Å². The predicted octanol–water partition coefficient (Wildman–Crippen LogP) is 3.19. The first-order valence-corrected chi connectivity index (χ1v) is 9.33. The van der Waals surface area contributed by atoms with Gasteiger partial charge in [-0.25, -0.2) is 0 Å². The zero-order chi connectivity index (χ0) is 18.9. The molecule has 0 N–H and O–H groups in total. The first-order chi connectivity index (χ1) is 12.5. The second-order valence-corrected chi connectivity index (χ2v) is 6.59. The number of hydrogen-bond donors (Lipinski definition) is 0. The molecule has 1 aromatic carbocycles. The minimum atomic E-state index is -0.429. The number of ether oxygens (including phenoxy) is 3. The molecule has 1 fully saturated rings. The zero-order valence-electron chi connectivity index (χ0n) is 15.9. The van der Waals surface area contributed by atoms with Crippen molar-refractivity contribution in [1.29, 1.82) is 0 Å². The van der Waals surface area contributed by atoms with E-state index in [1.807, 2.05) is 37.8 Å². The highest BCUT2D eigenvalue weighted by Crippen LogP contribution is 2.22. The fourth-order valence-corrected chi connectivity index (χ4v) is 3.25. The van der Waals surface area contributed by atoms with Crippen molar-refractivity contribution in [1.82, 2.24) is 4.90 Å². The molecule has 6 heteroatoms. The third-order valence-corrected chi connectivity index (χ3v) is 4.55. The normalized spacial score (nSPS) is 19.7. The molecule has 1 aliphatic rings. The summed E-state index contributed by atoms with van der Waals surface area (Å²) in [4.78, 5) is 26.0. The van der Waals surface area contributed by atoms with Crippen molar-refractivity contribution in [3.05, 3.63) is 24.3 Å². The SMILES string of the molecule is CCOc1ccc(OCCC(=O)OCC(=O)N2C(C)CCCC2C)cc1. The molecule has 0 spiro atoms. The van der Waals surface area contributed by atoms with Gasteiger partial charge in [0, 0.05) is 12.1 Å². The lowest BCUT2D eigenvalue weighted by Crippen LogP contribution is -2.49. The van der Waals surface area contributed by atoms with Crippen LogP contribution in [-0.2, 0) is 14.3 Å². The van der Waals surface area contributed by atoms with E-state index in [-0.39, 0.29) is 37.6 Å². The summed E-state index contributed by atoms with van der Waals surface area (Å²) in [5.41, 5.74) is 0. The van der Waals surface area contributed by atoms with Gasteiger partial charge in [0.25, 0.3) is 5.91 Å². The van der Waals surface area contributed by atoms with Crippen LogP contribution in [-0.4, -0.2) is 48.7 Å². The van der Waals surface area contributed by atoms with Gasteiger partial charge in [0.2, 0.25) is 0 Å². The van der Waals surface area contributed by atoms with E-state index in [4.69, 9.17) is 14.2 Å². The van der Waals surface area contributed by atoms with E-state index in [1.54, 1.807) is 12.1 Å². The Morgan fingerprint density at radius 1 is 1.04 bits per heavy atom. The lowest BCUT2D eigenvalue weighted by molar-refractivity contribution is -0.155. The van der Waals surface area contributed by atoms with Crippen molar-refractivity contribution in [3.63, 3.8) is 0 Å². The summed E-state index contributed by atoms with van der Waals surface area (Å²) in [6.45, 7) is 6.63. The molecule has 0 bridgehead atoms. The number of likely N-dealkylation sites (tertiary alicyclic amines) is 1. The maximum absolute atomic E-state index is 12.3. The molecule has 1 aliphatic heterocycles. The van der Waals surface area contributed by atoms with Crippen LogP contribution in [0.2, 0.25) is 0 Å². The lowest BCUT2D eigenvalue weighted by Gasteiger charge is -2.38. The lowest BCUT2D eigenvalue weighted by atomic mass is 9.97. The standard InChI is InChI=1S/C20H29NO5/c1-4-24-17-8-10-18(11-9-17)25-13-12-20(23)26-14-19(22)21-15(2)6-5-7-16(21)3/h8-11,15-16H,4-7,12-14H2,1-3H3. The van der Waals surface area contributed by atoms with E-state index in [0.717, 1.165) is 25.0 Å². The summed E-state index contributed by atoms with van der Waals surface area (Å²) in [5.74, 6) is 0.888. The van der Waals surface area contributed by atoms with Crippen LogP contribution >= 0.6 is 0 Å². The van der Waals surface area contributed by atoms with Crippen molar-refractivity contribution >= 4 is 11.9 Å². The molecule has 26 heavy (non-hydrogen) atoms. The molecular formula is C20H29NO5. The Morgan fingerprint density at radius 3 is 2.19 bits per heavy atom. The Labute approximate surface area is 155 Å². The number of carbonyl (C=O) groups excluding carboxylic acids is 2. The van der Waals surface area contributed by atoms with Gasteiger partial charge in [0.15, 0.2) is 6.61 Å². The quantitative estimate of drug-likeness (QED) is 0.664. The molecule has 1 saturated heterocycles. The number of esters is 1. The van der Waals surface area contributed by atoms with Gasteiger partial charge in [0.05, 0.1) is 19.6 Å². The molecule has 1 aromatic rings. The molecule has 0 radical (unpaired) electrons. The smallest absolute Gasteiger partial charge is 0.309 e. The number of piperidine rings is 1. The summed E-state index contributed by atoms with van der Waals surface area (Å²) in [7, 11) is 0. The van der Waals surface area contributed by atoms with E-state index < -0.39 is 5.97 Å². The molecule has 1 amide bonds. The topological polar surface area (TPSA) is 65.1 Å². The average molecular weight is 363 g/mol. The average Bonchev–Trinajstić information content (AvgIpc) is 2.61. The van der Waals surface area contributed by atoms with Gasteiger partial charge < -0.3 is 19.1 Å². The number of benzene rings is 1. The van der Waals surface area contributed by atoms with E-state index in [0.29, 0.717) is 12.4 Å². The number of carbonyl (C=O) groups is 2. The fourth-order valence-electron chi connectivity index (χ4n) is 3.25. The third-order valence-electron chi connectivity index (χ3n) is 4.55. The molecule has 6 nitrogen and oxygen atoms in total. The van der Waals surface area contributed by atoms with Gasteiger partial charge in [0.1, 0.15) is 11.5 Å². The van der Waals surface area contributed by atoms with Gasteiger partial charge in [-0.2, -0.15) is 0 Å². The second kappa shape index (κ2) is 10.0. The minimum Gasteiger partial charge on any atom is -0.494 e. The van der Waals surface area contributed by atoms with Crippen LogP contribution in [0.25, 0.3) is 0 Å². The second-order valence-electron chi connectivity index (χ2n) is 6.59. The summed E-state index contributed by atoms with van der Waals surface area (Å²) in [5, 5.41) is 0. The van der Waals surface area contributed by atoms with Crippen LogP contribution in [0.15, 0.2) is 24.3 Å². The number of rotatable bonds is 8. The molecule has 2 unspecified atom stereocenters. The maximum Gasteiger partial charge on any atom is 0.309 e.